The molecule has 2 nitrogen and oxygen atoms in total. The fourth-order valence-electron chi connectivity index (χ4n) is 10.1. The van der Waals surface area contributed by atoms with Gasteiger partial charge in [0, 0.05) is 38.9 Å². The van der Waals surface area contributed by atoms with Crippen LogP contribution in [-0.2, 0) is 5.41 Å². The lowest BCUT2D eigenvalue weighted by molar-refractivity contribution is 0.660. The van der Waals surface area contributed by atoms with Gasteiger partial charge in [0.2, 0.25) is 0 Å². The molecule has 2 heteroatoms. The minimum atomic E-state index is -0.225. The molecule has 11 aromatic rings. The van der Waals surface area contributed by atoms with Crippen molar-refractivity contribution in [2.75, 3.05) is 4.90 Å². The zero-order valence-corrected chi connectivity index (χ0v) is 35.3. The molecule has 0 radical (unpaired) electrons. The number of aromatic nitrogens is 1. The summed E-state index contributed by atoms with van der Waals surface area (Å²) in [6, 6.07) is 84.6. The monoisotopic (exact) mass is 804 g/mol. The maximum Gasteiger partial charge on any atom is 0.0541 e. The highest BCUT2D eigenvalue weighted by Gasteiger charge is 2.36. The SMILES string of the molecule is CC1(C)c2cc(N(c3ccc(-c4ccc(-c5ccccc5)cc4)cc3)c3ccc(-c4ccc5ccccc5c4)cc3)ccc2-c2ccc(-n3c4ccccc4c4ccccc43)cc21. The topological polar surface area (TPSA) is 8.17 Å². The molecule has 63 heavy (non-hydrogen) atoms. The van der Waals surface area contributed by atoms with Crippen molar-refractivity contribution in [2.45, 2.75) is 19.3 Å². The molecule has 1 heterocycles. The van der Waals surface area contributed by atoms with Gasteiger partial charge in [-0.1, -0.05) is 178 Å². The van der Waals surface area contributed by atoms with E-state index in [-0.39, 0.29) is 5.41 Å². The van der Waals surface area contributed by atoms with E-state index in [0.717, 1.165) is 17.1 Å². The summed E-state index contributed by atoms with van der Waals surface area (Å²) in [7, 11) is 0. The summed E-state index contributed by atoms with van der Waals surface area (Å²) in [6.07, 6.45) is 0. The minimum Gasteiger partial charge on any atom is -0.310 e. The van der Waals surface area contributed by atoms with Gasteiger partial charge in [0.15, 0.2) is 0 Å². The summed E-state index contributed by atoms with van der Waals surface area (Å²) in [4.78, 5) is 2.41. The molecule has 0 spiro atoms. The van der Waals surface area contributed by atoms with Crippen LogP contribution < -0.4 is 4.90 Å². The second-order valence-electron chi connectivity index (χ2n) is 17.4. The molecule has 0 unspecified atom stereocenters. The fraction of sp³-hybridized carbons (Fsp3) is 0.0492. The number of fused-ring (bicyclic) bond motifs is 7. The van der Waals surface area contributed by atoms with E-state index in [2.05, 4.69) is 254 Å². The minimum absolute atomic E-state index is 0.225. The highest BCUT2D eigenvalue weighted by Crippen LogP contribution is 2.52. The van der Waals surface area contributed by atoms with Gasteiger partial charge in [-0.3, -0.25) is 0 Å². The van der Waals surface area contributed by atoms with Crippen LogP contribution in [0.15, 0.2) is 231 Å². The Bertz CT molecular complexity index is 3450. The summed E-state index contributed by atoms with van der Waals surface area (Å²) in [5.74, 6) is 0. The van der Waals surface area contributed by atoms with Gasteiger partial charge in [0.25, 0.3) is 0 Å². The van der Waals surface area contributed by atoms with Crippen molar-refractivity contribution in [3.8, 4) is 50.2 Å². The van der Waals surface area contributed by atoms with Crippen molar-refractivity contribution in [3.05, 3.63) is 242 Å². The predicted molar refractivity (Wildman–Crippen MR) is 267 cm³/mol. The molecule has 0 saturated heterocycles. The van der Waals surface area contributed by atoms with Gasteiger partial charge < -0.3 is 9.47 Å². The van der Waals surface area contributed by atoms with Crippen molar-refractivity contribution in [1.82, 2.24) is 4.57 Å². The van der Waals surface area contributed by atoms with Crippen molar-refractivity contribution in [2.24, 2.45) is 0 Å². The van der Waals surface area contributed by atoms with Gasteiger partial charge in [0.05, 0.1) is 11.0 Å². The smallest absolute Gasteiger partial charge is 0.0541 e. The number of hydrogen-bond acceptors (Lipinski definition) is 1. The van der Waals surface area contributed by atoms with E-state index < -0.39 is 0 Å². The quantitative estimate of drug-likeness (QED) is 0.156. The summed E-state index contributed by atoms with van der Waals surface area (Å²) in [5.41, 5.74) is 19.3. The number of para-hydroxylation sites is 2. The lowest BCUT2D eigenvalue weighted by Crippen LogP contribution is -2.17. The van der Waals surface area contributed by atoms with Gasteiger partial charge in [-0.25, -0.2) is 0 Å². The molecule has 298 valence electrons. The average molecular weight is 805 g/mol. The van der Waals surface area contributed by atoms with E-state index in [0.29, 0.717) is 0 Å². The molecular formula is C61H44N2. The lowest BCUT2D eigenvalue weighted by Gasteiger charge is -2.28. The average Bonchev–Trinajstić information content (AvgIpc) is 3.80. The molecule has 0 N–H and O–H groups in total. The van der Waals surface area contributed by atoms with Crippen LogP contribution in [0.2, 0.25) is 0 Å². The Morgan fingerprint density at radius 2 is 0.778 bits per heavy atom. The van der Waals surface area contributed by atoms with Crippen molar-refractivity contribution >= 4 is 49.6 Å². The Balaban J connectivity index is 0.935. The molecule has 0 atom stereocenters. The Kier molecular flexibility index (Phi) is 8.55. The molecule has 0 saturated carbocycles. The van der Waals surface area contributed by atoms with Crippen molar-refractivity contribution in [1.29, 1.82) is 0 Å². The third-order valence-corrected chi connectivity index (χ3v) is 13.4. The zero-order valence-electron chi connectivity index (χ0n) is 35.3. The molecule has 0 amide bonds. The fourth-order valence-corrected chi connectivity index (χ4v) is 10.1. The highest BCUT2D eigenvalue weighted by molar-refractivity contribution is 6.09. The normalized spacial score (nSPS) is 12.7. The first-order chi connectivity index (χ1) is 31.0. The van der Waals surface area contributed by atoms with E-state index in [1.54, 1.807) is 0 Å². The van der Waals surface area contributed by atoms with Crippen molar-refractivity contribution in [3.63, 3.8) is 0 Å². The highest BCUT2D eigenvalue weighted by atomic mass is 15.1. The molecule has 12 rings (SSSR count). The number of benzene rings is 10. The lowest BCUT2D eigenvalue weighted by atomic mass is 9.82. The second-order valence-corrected chi connectivity index (χ2v) is 17.4. The summed E-state index contributed by atoms with van der Waals surface area (Å²) < 4.78 is 2.43. The van der Waals surface area contributed by atoms with Gasteiger partial charge in [-0.2, -0.15) is 0 Å². The van der Waals surface area contributed by atoms with Gasteiger partial charge in [-0.05, 0) is 133 Å². The Morgan fingerprint density at radius 3 is 1.40 bits per heavy atom. The van der Waals surface area contributed by atoms with Crippen LogP contribution in [0.5, 0.6) is 0 Å². The van der Waals surface area contributed by atoms with Crippen LogP contribution in [-0.4, -0.2) is 4.57 Å². The third kappa shape index (κ3) is 6.17. The molecular weight excluding hydrogens is 761 g/mol. The van der Waals surface area contributed by atoms with E-state index in [9.17, 15) is 0 Å². The molecule has 0 aliphatic heterocycles. The Hall–Kier alpha value is -7.94. The largest absolute Gasteiger partial charge is 0.310 e. The van der Waals surface area contributed by atoms with Crippen LogP contribution in [0, 0.1) is 0 Å². The zero-order chi connectivity index (χ0) is 42.1. The summed E-state index contributed by atoms with van der Waals surface area (Å²) in [6.45, 7) is 4.77. The third-order valence-electron chi connectivity index (χ3n) is 13.4. The van der Waals surface area contributed by atoms with Gasteiger partial charge in [0.1, 0.15) is 0 Å². The maximum absolute atomic E-state index is 2.43. The molecule has 0 bridgehead atoms. The molecule has 0 fully saturated rings. The Morgan fingerprint density at radius 1 is 0.333 bits per heavy atom. The number of anilines is 3. The van der Waals surface area contributed by atoms with Crippen LogP contribution in [0.3, 0.4) is 0 Å². The molecule has 10 aromatic carbocycles. The molecule has 1 aliphatic carbocycles. The number of hydrogen-bond donors (Lipinski definition) is 0. The first-order valence-corrected chi connectivity index (χ1v) is 21.9. The predicted octanol–water partition coefficient (Wildman–Crippen LogP) is 16.7. The van der Waals surface area contributed by atoms with E-state index >= 15 is 0 Å². The molecule has 1 aliphatic rings. The van der Waals surface area contributed by atoms with E-state index in [4.69, 9.17) is 0 Å². The van der Waals surface area contributed by atoms with Gasteiger partial charge >= 0.3 is 0 Å². The van der Waals surface area contributed by atoms with Crippen LogP contribution in [0.25, 0.3) is 82.8 Å². The number of nitrogens with zero attached hydrogens (tertiary/aromatic N) is 2. The first kappa shape index (κ1) is 36.9. The van der Waals surface area contributed by atoms with Crippen LogP contribution >= 0.6 is 0 Å². The standard InChI is InChI=1S/C61H44N2/c1-61(2)57-39-51(34-36-53(57)54-37-35-52(40-58(54)61)63-59-18-10-8-16-55(59)56-17-9-11-19-60(56)63)62(50-32-28-46(29-33-50)48-25-24-42-14-6-7-15-47(42)38-48)49-30-26-45(27-31-49)44-22-20-43(21-23-44)41-12-4-3-5-13-41/h3-40H,1-2H3. The summed E-state index contributed by atoms with van der Waals surface area (Å²) in [5, 5.41) is 5.06. The van der Waals surface area contributed by atoms with E-state index in [1.807, 2.05) is 0 Å². The van der Waals surface area contributed by atoms with Crippen LogP contribution in [0.4, 0.5) is 17.1 Å². The Labute approximate surface area is 368 Å². The molecule has 1 aromatic heterocycles. The summed E-state index contributed by atoms with van der Waals surface area (Å²) >= 11 is 0. The van der Waals surface area contributed by atoms with Gasteiger partial charge in [-0.15, -0.1) is 0 Å². The van der Waals surface area contributed by atoms with Crippen molar-refractivity contribution < 1.29 is 0 Å². The second kappa shape index (κ2) is 14.6. The maximum atomic E-state index is 2.43. The van der Waals surface area contributed by atoms with E-state index in [1.165, 1.54) is 93.9 Å². The van der Waals surface area contributed by atoms with Crippen LogP contribution in [0.1, 0.15) is 25.0 Å². The number of rotatable bonds is 7. The first-order valence-electron chi connectivity index (χ1n) is 21.9.